The molecule has 0 aliphatic heterocycles. The first-order chi connectivity index (χ1) is 8.81. The predicted molar refractivity (Wildman–Crippen MR) is 72.5 cm³/mol. The molecule has 6 heteroatoms. The van der Waals surface area contributed by atoms with Crippen molar-refractivity contribution in [3.63, 3.8) is 0 Å². The van der Waals surface area contributed by atoms with Gasteiger partial charge in [0.1, 0.15) is 17.1 Å². The van der Waals surface area contributed by atoms with Crippen LogP contribution in [0.15, 0.2) is 18.8 Å². The topological polar surface area (TPSA) is 73.3 Å². The third kappa shape index (κ3) is 5.37. The number of aromatic nitrogens is 2. The minimum absolute atomic E-state index is 0.146. The Morgan fingerprint density at radius 1 is 1.47 bits per heavy atom. The van der Waals surface area contributed by atoms with E-state index in [9.17, 15) is 4.79 Å². The van der Waals surface area contributed by atoms with Crippen molar-refractivity contribution >= 4 is 17.8 Å². The van der Waals surface area contributed by atoms with Crippen molar-refractivity contribution in [2.75, 3.05) is 11.9 Å². The molecule has 1 N–H and O–H groups in total. The molecule has 1 aromatic rings. The van der Waals surface area contributed by atoms with E-state index < -0.39 is 11.7 Å². The molecule has 6 nitrogen and oxygen atoms in total. The van der Waals surface area contributed by atoms with Crippen LogP contribution in [0.2, 0.25) is 0 Å². The van der Waals surface area contributed by atoms with E-state index in [0.717, 1.165) is 0 Å². The van der Waals surface area contributed by atoms with Crippen LogP contribution in [0.25, 0.3) is 5.76 Å². The van der Waals surface area contributed by atoms with Crippen LogP contribution in [0.1, 0.15) is 33.4 Å². The van der Waals surface area contributed by atoms with Gasteiger partial charge in [0.25, 0.3) is 0 Å². The monoisotopic (exact) mass is 265 g/mol. The Morgan fingerprint density at radius 2 is 2.16 bits per heavy atom. The second-order valence-corrected chi connectivity index (χ2v) is 4.75. The Morgan fingerprint density at radius 3 is 2.74 bits per heavy atom. The molecule has 0 aliphatic carbocycles. The summed E-state index contributed by atoms with van der Waals surface area (Å²) in [4.78, 5) is 19.6. The summed E-state index contributed by atoms with van der Waals surface area (Å²) in [5, 5.41) is 2.46. The number of anilines is 1. The predicted octanol–water partition coefficient (Wildman–Crippen LogP) is 2.83. The van der Waals surface area contributed by atoms with Gasteiger partial charge in [0.05, 0.1) is 6.61 Å². The fraction of sp³-hybridized carbons (Fsp3) is 0.462. The Hall–Kier alpha value is -2.11. The van der Waals surface area contributed by atoms with E-state index in [-0.39, 0.29) is 5.95 Å². The highest BCUT2D eigenvalue weighted by Crippen LogP contribution is 2.13. The largest absolute Gasteiger partial charge is 0.492 e. The van der Waals surface area contributed by atoms with E-state index in [1.165, 1.54) is 6.20 Å². The Balaban J connectivity index is 2.72. The molecule has 1 amide bonds. The van der Waals surface area contributed by atoms with Crippen molar-refractivity contribution < 1.29 is 14.3 Å². The zero-order chi connectivity index (χ0) is 14.5. The van der Waals surface area contributed by atoms with Crippen LogP contribution in [0.3, 0.4) is 0 Å². The highest BCUT2D eigenvalue weighted by atomic mass is 16.6. The molecule has 1 rings (SSSR count). The van der Waals surface area contributed by atoms with Crippen LogP contribution in [-0.4, -0.2) is 28.3 Å². The molecule has 0 unspecified atom stereocenters. The van der Waals surface area contributed by atoms with Crippen molar-refractivity contribution in [1.82, 2.24) is 9.97 Å². The summed E-state index contributed by atoms with van der Waals surface area (Å²) in [5.74, 6) is 0.574. The summed E-state index contributed by atoms with van der Waals surface area (Å²) in [6, 6.07) is 1.65. The molecule has 0 aromatic carbocycles. The smallest absolute Gasteiger partial charge is 0.414 e. The van der Waals surface area contributed by atoms with Crippen LogP contribution in [0.4, 0.5) is 10.7 Å². The Bertz CT molecular complexity index is 466. The lowest BCUT2D eigenvalue weighted by Crippen LogP contribution is -2.27. The highest BCUT2D eigenvalue weighted by molar-refractivity contribution is 5.82. The number of ether oxygens (including phenoxy) is 2. The van der Waals surface area contributed by atoms with Crippen LogP contribution >= 0.6 is 0 Å². The minimum atomic E-state index is -0.605. The van der Waals surface area contributed by atoms with Crippen LogP contribution in [0, 0.1) is 0 Å². The van der Waals surface area contributed by atoms with E-state index in [1.807, 2.05) is 6.92 Å². The number of hydrogen-bond donors (Lipinski definition) is 1. The van der Waals surface area contributed by atoms with Gasteiger partial charge in [-0.1, -0.05) is 6.58 Å². The number of nitrogens with one attached hydrogen (secondary N) is 1. The first-order valence-corrected chi connectivity index (χ1v) is 5.97. The second kappa shape index (κ2) is 6.17. The molecule has 0 fully saturated rings. The van der Waals surface area contributed by atoms with Crippen molar-refractivity contribution in [3.8, 4) is 0 Å². The zero-order valence-corrected chi connectivity index (χ0v) is 11.7. The van der Waals surface area contributed by atoms with Gasteiger partial charge >= 0.3 is 6.09 Å². The molecule has 1 aromatic heterocycles. The average Bonchev–Trinajstić information content (AvgIpc) is 2.27. The van der Waals surface area contributed by atoms with Gasteiger partial charge < -0.3 is 9.47 Å². The van der Waals surface area contributed by atoms with E-state index in [0.29, 0.717) is 18.1 Å². The second-order valence-electron chi connectivity index (χ2n) is 4.75. The van der Waals surface area contributed by atoms with Crippen LogP contribution in [-0.2, 0) is 9.47 Å². The highest BCUT2D eigenvalue weighted by Gasteiger charge is 2.17. The van der Waals surface area contributed by atoms with E-state index in [4.69, 9.17) is 9.47 Å². The normalized spacial score (nSPS) is 10.7. The maximum Gasteiger partial charge on any atom is 0.414 e. The molecule has 0 aliphatic rings. The van der Waals surface area contributed by atoms with Gasteiger partial charge in [-0.3, -0.25) is 5.32 Å². The standard InChI is InChI=1S/C13H19N3O3/c1-6-18-9(2)10-7-8-14-11(15-10)16-12(17)19-13(3,4)5/h7-8H,2,6H2,1,3-5H3,(H,14,15,16,17). The van der Waals surface area contributed by atoms with Gasteiger partial charge in [-0.2, -0.15) is 0 Å². The van der Waals surface area contributed by atoms with Gasteiger partial charge in [0.2, 0.25) is 5.95 Å². The van der Waals surface area contributed by atoms with Gasteiger partial charge in [-0.15, -0.1) is 0 Å². The molecular weight excluding hydrogens is 246 g/mol. The third-order valence-corrected chi connectivity index (χ3v) is 1.87. The lowest BCUT2D eigenvalue weighted by atomic mass is 10.2. The van der Waals surface area contributed by atoms with Crippen molar-refractivity contribution in [1.29, 1.82) is 0 Å². The van der Waals surface area contributed by atoms with E-state index in [2.05, 4.69) is 21.9 Å². The van der Waals surface area contributed by atoms with Crippen molar-refractivity contribution in [3.05, 3.63) is 24.5 Å². The number of nitrogens with zero attached hydrogens (tertiary/aromatic N) is 2. The number of rotatable bonds is 4. The third-order valence-electron chi connectivity index (χ3n) is 1.87. The lowest BCUT2D eigenvalue weighted by Gasteiger charge is -2.19. The molecule has 0 bridgehead atoms. The molecular formula is C13H19N3O3. The minimum Gasteiger partial charge on any atom is -0.492 e. The number of carbonyl (C=O) groups excluding carboxylic acids is 1. The quantitative estimate of drug-likeness (QED) is 0.847. The maximum atomic E-state index is 11.6. The van der Waals surface area contributed by atoms with Crippen molar-refractivity contribution in [2.45, 2.75) is 33.3 Å². The Labute approximate surface area is 112 Å². The Kier molecular flexibility index (Phi) is 4.86. The first-order valence-electron chi connectivity index (χ1n) is 5.97. The molecule has 0 radical (unpaired) electrons. The SMILES string of the molecule is C=C(OCC)c1ccnc(NC(=O)OC(C)(C)C)n1. The number of amides is 1. The fourth-order valence-electron chi connectivity index (χ4n) is 1.22. The number of carbonyl (C=O) groups is 1. The average molecular weight is 265 g/mol. The summed E-state index contributed by atoms with van der Waals surface area (Å²) < 4.78 is 10.3. The molecule has 0 spiro atoms. The molecule has 104 valence electrons. The number of hydrogen-bond acceptors (Lipinski definition) is 5. The van der Waals surface area contributed by atoms with E-state index in [1.54, 1.807) is 26.8 Å². The summed E-state index contributed by atoms with van der Waals surface area (Å²) in [6.45, 7) is 11.4. The summed E-state index contributed by atoms with van der Waals surface area (Å²) in [7, 11) is 0. The maximum absolute atomic E-state index is 11.6. The first kappa shape index (κ1) is 14.9. The fourth-order valence-corrected chi connectivity index (χ4v) is 1.22. The van der Waals surface area contributed by atoms with Crippen LogP contribution in [0.5, 0.6) is 0 Å². The van der Waals surface area contributed by atoms with Gasteiger partial charge in [-0.05, 0) is 33.8 Å². The van der Waals surface area contributed by atoms with Crippen LogP contribution < -0.4 is 5.32 Å². The van der Waals surface area contributed by atoms with Gasteiger partial charge in [0.15, 0.2) is 0 Å². The lowest BCUT2D eigenvalue weighted by molar-refractivity contribution is 0.0634. The molecule has 1 heterocycles. The summed E-state index contributed by atoms with van der Waals surface area (Å²) >= 11 is 0. The summed E-state index contributed by atoms with van der Waals surface area (Å²) in [6.07, 6.45) is 0.908. The van der Waals surface area contributed by atoms with E-state index >= 15 is 0 Å². The zero-order valence-electron chi connectivity index (χ0n) is 11.7. The molecule has 0 atom stereocenters. The molecule has 0 saturated carbocycles. The summed E-state index contributed by atoms with van der Waals surface area (Å²) in [5.41, 5.74) is -0.0562. The van der Waals surface area contributed by atoms with Gasteiger partial charge in [-0.25, -0.2) is 14.8 Å². The van der Waals surface area contributed by atoms with Gasteiger partial charge in [0, 0.05) is 6.20 Å². The van der Waals surface area contributed by atoms with Crippen molar-refractivity contribution in [2.24, 2.45) is 0 Å². The molecule has 0 saturated heterocycles. The molecule has 19 heavy (non-hydrogen) atoms.